The average molecular weight is 383 g/mol. The second kappa shape index (κ2) is 8.21. The number of rotatable bonds is 5. The average Bonchev–Trinajstić information content (AvgIpc) is 3.12. The fourth-order valence-electron chi connectivity index (χ4n) is 3.39. The molecule has 140 valence electrons. The van der Waals surface area contributed by atoms with Crippen LogP contribution in [-0.4, -0.2) is 46.2 Å². The first kappa shape index (κ1) is 18.2. The lowest BCUT2D eigenvalue weighted by atomic mass is 10.1. The maximum Gasteiger partial charge on any atom is 0.247 e. The number of aromatic nitrogens is 2. The van der Waals surface area contributed by atoms with Crippen LogP contribution in [0.3, 0.4) is 0 Å². The van der Waals surface area contributed by atoms with E-state index >= 15 is 0 Å². The van der Waals surface area contributed by atoms with Crippen LogP contribution in [0.25, 0.3) is 11.5 Å². The summed E-state index contributed by atoms with van der Waals surface area (Å²) < 4.78 is 5.83. The zero-order chi connectivity index (χ0) is 18.6. The number of piperazine rings is 1. The summed E-state index contributed by atoms with van der Waals surface area (Å²) in [4.78, 5) is 4.87. The summed E-state index contributed by atoms with van der Waals surface area (Å²) in [6.07, 6.45) is 0. The summed E-state index contributed by atoms with van der Waals surface area (Å²) >= 11 is 5.93. The molecule has 0 amide bonds. The summed E-state index contributed by atoms with van der Waals surface area (Å²) in [7, 11) is 0. The van der Waals surface area contributed by atoms with Gasteiger partial charge in [-0.15, -0.1) is 10.2 Å². The van der Waals surface area contributed by atoms with Crippen LogP contribution in [-0.2, 0) is 13.1 Å². The quantitative estimate of drug-likeness (QED) is 0.667. The van der Waals surface area contributed by atoms with Gasteiger partial charge < -0.3 is 4.42 Å². The molecule has 1 fully saturated rings. The number of hydrogen-bond donors (Lipinski definition) is 0. The van der Waals surface area contributed by atoms with E-state index in [2.05, 4.69) is 51.2 Å². The number of halogens is 1. The molecule has 1 aliphatic rings. The number of aryl methyl sites for hydroxylation is 1. The Balaban J connectivity index is 1.30. The molecule has 27 heavy (non-hydrogen) atoms. The Morgan fingerprint density at radius 3 is 2.33 bits per heavy atom. The first-order chi connectivity index (χ1) is 13.2. The second-order valence-electron chi connectivity index (χ2n) is 7.05. The highest BCUT2D eigenvalue weighted by Gasteiger charge is 2.19. The molecule has 1 aliphatic heterocycles. The molecular formula is C21H23ClN4O. The summed E-state index contributed by atoms with van der Waals surface area (Å²) in [6, 6.07) is 16.2. The molecule has 2 heterocycles. The third-order valence-corrected chi connectivity index (χ3v) is 5.12. The lowest BCUT2D eigenvalue weighted by Crippen LogP contribution is -2.45. The second-order valence-corrected chi connectivity index (χ2v) is 7.49. The maximum absolute atomic E-state index is 5.93. The molecule has 0 aliphatic carbocycles. The SMILES string of the molecule is Cc1cccc(CN2CCN(Cc3nnc(-c4ccc(Cl)cc4)o3)CC2)c1. The molecule has 2 aromatic carbocycles. The van der Waals surface area contributed by atoms with Crippen molar-refractivity contribution in [1.82, 2.24) is 20.0 Å². The molecule has 0 radical (unpaired) electrons. The van der Waals surface area contributed by atoms with Gasteiger partial charge in [-0.05, 0) is 36.8 Å². The van der Waals surface area contributed by atoms with Crippen molar-refractivity contribution in [2.45, 2.75) is 20.0 Å². The van der Waals surface area contributed by atoms with Crippen LogP contribution in [0.2, 0.25) is 5.02 Å². The summed E-state index contributed by atoms with van der Waals surface area (Å²) in [5.74, 6) is 1.20. The summed E-state index contributed by atoms with van der Waals surface area (Å²) in [6.45, 7) is 7.95. The Labute approximate surface area is 164 Å². The lowest BCUT2D eigenvalue weighted by molar-refractivity contribution is 0.114. The van der Waals surface area contributed by atoms with Crippen LogP contribution in [0, 0.1) is 6.92 Å². The topological polar surface area (TPSA) is 45.4 Å². The minimum Gasteiger partial charge on any atom is -0.419 e. The van der Waals surface area contributed by atoms with E-state index in [9.17, 15) is 0 Å². The zero-order valence-electron chi connectivity index (χ0n) is 15.4. The van der Waals surface area contributed by atoms with Crippen molar-refractivity contribution < 1.29 is 4.42 Å². The van der Waals surface area contributed by atoms with E-state index in [1.54, 1.807) is 0 Å². The van der Waals surface area contributed by atoms with Crippen LogP contribution in [0.1, 0.15) is 17.0 Å². The third kappa shape index (κ3) is 4.75. The van der Waals surface area contributed by atoms with Crippen molar-refractivity contribution in [1.29, 1.82) is 0 Å². The smallest absolute Gasteiger partial charge is 0.247 e. The van der Waals surface area contributed by atoms with E-state index < -0.39 is 0 Å². The number of benzene rings is 2. The van der Waals surface area contributed by atoms with Crippen molar-refractivity contribution in [3.05, 3.63) is 70.6 Å². The third-order valence-electron chi connectivity index (χ3n) is 4.87. The highest BCUT2D eigenvalue weighted by molar-refractivity contribution is 6.30. The van der Waals surface area contributed by atoms with Gasteiger partial charge in [-0.1, -0.05) is 41.4 Å². The molecule has 3 aromatic rings. The van der Waals surface area contributed by atoms with Gasteiger partial charge >= 0.3 is 0 Å². The van der Waals surface area contributed by atoms with E-state index in [0.717, 1.165) is 38.3 Å². The minimum absolute atomic E-state index is 0.541. The van der Waals surface area contributed by atoms with Gasteiger partial charge in [0.05, 0.1) is 6.54 Å². The Morgan fingerprint density at radius 1 is 0.926 bits per heavy atom. The van der Waals surface area contributed by atoms with Gasteiger partial charge in [0, 0.05) is 43.3 Å². The van der Waals surface area contributed by atoms with Crippen LogP contribution in [0.15, 0.2) is 52.9 Å². The fraction of sp³-hybridized carbons (Fsp3) is 0.333. The Morgan fingerprint density at radius 2 is 1.63 bits per heavy atom. The molecule has 4 rings (SSSR count). The van der Waals surface area contributed by atoms with Gasteiger partial charge in [0.15, 0.2) is 0 Å². The molecular weight excluding hydrogens is 360 g/mol. The monoisotopic (exact) mass is 382 g/mol. The predicted molar refractivity (Wildman–Crippen MR) is 106 cm³/mol. The number of hydrogen-bond acceptors (Lipinski definition) is 5. The van der Waals surface area contributed by atoms with Gasteiger partial charge in [0.1, 0.15) is 0 Å². The van der Waals surface area contributed by atoms with E-state index in [1.807, 2.05) is 24.3 Å². The molecule has 0 unspecified atom stereocenters. The van der Waals surface area contributed by atoms with Gasteiger partial charge in [-0.2, -0.15) is 0 Å². The summed E-state index contributed by atoms with van der Waals surface area (Å²) in [5, 5.41) is 9.06. The molecule has 0 bridgehead atoms. The lowest BCUT2D eigenvalue weighted by Gasteiger charge is -2.34. The van der Waals surface area contributed by atoms with E-state index in [1.165, 1.54) is 11.1 Å². The van der Waals surface area contributed by atoms with Crippen molar-refractivity contribution >= 4 is 11.6 Å². The van der Waals surface area contributed by atoms with Gasteiger partial charge in [-0.25, -0.2) is 0 Å². The largest absolute Gasteiger partial charge is 0.419 e. The molecule has 0 saturated carbocycles. The van der Waals surface area contributed by atoms with E-state index in [-0.39, 0.29) is 0 Å². The number of nitrogens with zero attached hydrogens (tertiary/aromatic N) is 4. The molecule has 5 nitrogen and oxygen atoms in total. The van der Waals surface area contributed by atoms with Crippen molar-refractivity contribution in [2.75, 3.05) is 26.2 Å². The Kier molecular flexibility index (Phi) is 5.53. The normalized spacial score (nSPS) is 15.9. The maximum atomic E-state index is 5.93. The first-order valence-electron chi connectivity index (χ1n) is 9.24. The van der Waals surface area contributed by atoms with Crippen molar-refractivity contribution in [3.63, 3.8) is 0 Å². The molecule has 0 atom stereocenters. The van der Waals surface area contributed by atoms with Crippen molar-refractivity contribution in [3.8, 4) is 11.5 Å². The Bertz CT molecular complexity index is 885. The fourth-order valence-corrected chi connectivity index (χ4v) is 3.52. The van der Waals surface area contributed by atoms with E-state index in [0.29, 0.717) is 23.3 Å². The highest BCUT2D eigenvalue weighted by atomic mass is 35.5. The standard InChI is InChI=1S/C21H23ClN4O/c1-16-3-2-4-17(13-16)14-25-9-11-26(12-10-25)15-20-23-24-21(27-20)18-5-7-19(22)8-6-18/h2-8,13H,9-12,14-15H2,1H3. The van der Waals surface area contributed by atoms with Crippen LogP contribution in [0.4, 0.5) is 0 Å². The zero-order valence-corrected chi connectivity index (χ0v) is 16.2. The minimum atomic E-state index is 0.541. The summed E-state index contributed by atoms with van der Waals surface area (Å²) in [5.41, 5.74) is 3.59. The van der Waals surface area contributed by atoms with Crippen LogP contribution < -0.4 is 0 Å². The highest BCUT2D eigenvalue weighted by Crippen LogP contribution is 2.21. The Hall–Kier alpha value is -2.21. The predicted octanol–water partition coefficient (Wildman–Crippen LogP) is 4.02. The van der Waals surface area contributed by atoms with Gasteiger partial charge in [-0.3, -0.25) is 9.80 Å². The van der Waals surface area contributed by atoms with Crippen LogP contribution >= 0.6 is 11.6 Å². The van der Waals surface area contributed by atoms with Crippen molar-refractivity contribution in [2.24, 2.45) is 0 Å². The molecule has 1 saturated heterocycles. The van der Waals surface area contributed by atoms with E-state index in [4.69, 9.17) is 16.0 Å². The molecule has 1 aromatic heterocycles. The van der Waals surface area contributed by atoms with Gasteiger partial charge in [0.2, 0.25) is 11.8 Å². The van der Waals surface area contributed by atoms with Crippen LogP contribution in [0.5, 0.6) is 0 Å². The molecule has 6 heteroatoms. The van der Waals surface area contributed by atoms with Gasteiger partial charge in [0.25, 0.3) is 0 Å². The molecule has 0 spiro atoms. The molecule has 0 N–H and O–H groups in total. The first-order valence-corrected chi connectivity index (χ1v) is 9.62.